The number of aromatic hydroxyl groups is 1. The van der Waals surface area contributed by atoms with Crippen molar-refractivity contribution in [3.8, 4) is 22.6 Å². The molecule has 1 aliphatic rings. The van der Waals surface area contributed by atoms with Gasteiger partial charge in [-0.15, -0.1) is 0 Å². The second-order valence-corrected chi connectivity index (χ2v) is 12.0. The smallest absolute Gasteiger partial charge is 0.163 e. The zero-order chi connectivity index (χ0) is 33.0. The van der Waals surface area contributed by atoms with Crippen LogP contribution in [0.15, 0.2) is 73.3 Å². The summed E-state index contributed by atoms with van der Waals surface area (Å²) < 4.78 is 5.15. The molecule has 1 atom stereocenters. The number of aliphatic hydroxyl groups is 1. The van der Waals surface area contributed by atoms with E-state index in [9.17, 15) is 9.90 Å². The van der Waals surface area contributed by atoms with E-state index in [1.807, 2.05) is 49.4 Å². The summed E-state index contributed by atoms with van der Waals surface area (Å²) in [7, 11) is 1.67. The molecule has 246 valence electrons. The van der Waals surface area contributed by atoms with E-state index < -0.39 is 0 Å². The van der Waals surface area contributed by atoms with Gasteiger partial charge < -0.3 is 19.8 Å². The molecule has 3 aromatic carbocycles. The molecule has 0 saturated carbocycles. The number of likely N-dealkylation sites (tertiary alicyclic amines) is 1. The third kappa shape index (κ3) is 13.2. The van der Waals surface area contributed by atoms with Crippen LogP contribution in [0.25, 0.3) is 16.7 Å². The number of benzene rings is 3. The van der Waals surface area contributed by atoms with Crippen LogP contribution in [0.1, 0.15) is 101 Å². The number of hydrogen-bond acceptors (Lipinski definition) is 5. The van der Waals surface area contributed by atoms with Crippen LogP contribution in [0, 0.1) is 5.92 Å². The van der Waals surface area contributed by atoms with Gasteiger partial charge in [0.15, 0.2) is 5.78 Å². The van der Waals surface area contributed by atoms with Gasteiger partial charge in [-0.25, -0.2) is 0 Å². The number of rotatable bonds is 13. The summed E-state index contributed by atoms with van der Waals surface area (Å²) in [6.07, 6.45) is 9.74. The number of phenolic OH excluding ortho intramolecular Hbond substituents is 1. The Morgan fingerprint density at radius 3 is 2.31 bits per heavy atom. The molecule has 4 rings (SSSR count). The first-order valence-corrected chi connectivity index (χ1v) is 16.8. The number of allylic oxidation sites excluding steroid dienone is 1. The van der Waals surface area contributed by atoms with Crippen molar-refractivity contribution in [1.29, 1.82) is 0 Å². The van der Waals surface area contributed by atoms with Crippen molar-refractivity contribution in [2.75, 3.05) is 33.4 Å². The first-order chi connectivity index (χ1) is 21.8. The number of Topliss-reactive ketones (excluding diaryl/α,β-unsaturated/α-hetero) is 1. The molecule has 45 heavy (non-hydrogen) atoms. The molecule has 5 nitrogen and oxygen atoms in total. The minimum atomic E-state index is 0.236. The van der Waals surface area contributed by atoms with Crippen LogP contribution in [0.3, 0.4) is 0 Å². The summed E-state index contributed by atoms with van der Waals surface area (Å²) in [6, 6.07) is 21.2. The third-order valence-corrected chi connectivity index (χ3v) is 8.31. The quantitative estimate of drug-likeness (QED) is 0.187. The van der Waals surface area contributed by atoms with Crippen LogP contribution in [-0.4, -0.2) is 54.2 Å². The lowest BCUT2D eigenvalue weighted by Gasteiger charge is -2.31. The highest BCUT2D eigenvalue weighted by atomic mass is 16.5. The fourth-order valence-electron chi connectivity index (χ4n) is 5.58. The monoisotopic (exact) mass is 615 g/mol. The van der Waals surface area contributed by atoms with Crippen molar-refractivity contribution < 1.29 is 19.7 Å². The normalized spacial score (nSPS) is 14.4. The molecule has 1 heterocycles. The predicted octanol–water partition coefficient (Wildman–Crippen LogP) is 9.60. The van der Waals surface area contributed by atoms with Gasteiger partial charge in [0.05, 0.1) is 13.7 Å². The molecule has 1 aliphatic heterocycles. The molecule has 3 aromatic rings. The van der Waals surface area contributed by atoms with Crippen LogP contribution < -0.4 is 4.74 Å². The highest BCUT2D eigenvalue weighted by Crippen LogP contribution is 2.27. The van der Waals surface area contributed by atoms with Crippen LogP contribution in [0.4, 0.5) is 0 Å². The van der Waals surface area contributed by atoms with Crippen LogP contribution in [0.2, 0.25) is 0 Å². The van der Waals surface area contributed by atoms with Crippen molar-refractivity contribution in [3.63, 3.8) is 0 Å². The number of ether oxygens (including phenoxy) is 1. The van der Waals surface area contributed by atoms with Crippen LogP contribution in [-0.2, 0) is 6.42 Å². The van der Waals surface area contributed by atoms with Crippen LogP contribution in [0.5, 0.6) is 11.5 Å². The maximum absolute atomic E-state index is 12.6. The van der Waals surface area contributed by atoms with E-state index in [2.05, 4.69) is 44.4 Å². The second kappa shape index (κ2) is 21.3. The van der Waals surface area contributed by atoms with E-state index in [-0.39, 0.29) is 11.5 Å². The second-order valence-electron chi connectivity index (χ2n) is 12.0. The summed E-state index contributed by atoms with van der Waals surface area (Å²) in [5.41, 5.74) is 6.04. The van der Waals surface area contributed by atoms with E-state index in [0.29, 0.717) is 13.0 Å². The van der Waals surface area contributed by atoms with Crippen molar-refractivity contribution in [2.24, 2.45) is 5.92 Å². The van der Waals surface area contributed by atoms with Gasteiger partial charge in [-0.05, 0) is 98.0 Å². The minimum Gasteiger partial charge on any atom is -0.508 e. The van der Waals surface area contributed by atoms with Gasteiger partial charge in [-0.3, -0.25) is 4.79 Å². The largest absolute Gasteiger partial charge is 0.508 e. The third-order valence-electron chi connectivity index (χ3n) is 8.31. The number of aryl methyl sites for hydroxylation is 1. The van der Waals surface area contributed by atoms with Crippen molar-refractivity contribution >= 4 is 11.4 Å². The van der Waals surface area contributed by atoms with Crippen molar-refractivity contribution in [3.05, 3.63) is 90.0 Å². The number of carbonyl (C=O) groups is 1. The Kier molecular flexibility index (Phi) is 17.9. The molecule has 0 radical (unpaired) electrons. The number of ketones is 1. The van der Waals surface area contributed by atoms with E-state index in [0.717, 1.165) is 83.7 Å². The number of methoxy groups -OCH3 is 1. The standard InChI is InChI=1S/C21H26O2.C10H12O.C9H19NO/c1-3-5-8-16-12-13-18(17-9-7-10-19(22)14-17)15-20(16)21(23)11-6-4-2;1-8(2)9-6-4-5-7-10(9)11-3;1-2-9-4-3-5-10(8-9)6-7-11/h7,9-10,12-15,22H,3-6,8,11H2,1-2H3;4-7H,1H2,2-3H3;9,11H,2-8H2,1H3. The Labute approximate surface area is 273 Å². The molecule has 0 amide bonds. The molecule has 0 bridgehead atoms. The molecule has 1 saturated heterocycles. The van der Waals surface area contributed by atoms with Gasteiger partial charge in [-0.1, -0.05) is 89.1 Å². The Bertz CT molecular complexity index is 1300. The molecule has 5 heteroatoms. The number of hydrogen-bond donors (Lipinski definition) is 2. The maximum Gasteiger partial charge on any atom is 0.163 e. The lowest BCUT2D eigenvalue weighted by atomic mass is 9.92. The van der Waals surface area contributed by atoms with E-state index in [1.165, 1.54) is 32.4 Å². The number of phenols is 1. The molecule has 0 spiro atoms. The average Bonchev–Trinajstić information content (AvgIpc) is 3.07. The lowest BCUT2D eigenvalue weighted by Crippen LogP contribution is -2.36. The summed E-state index contributed by atoms with van der Waals surface area (Å²) in [4.78, 5) is 15.0. The van der Waals surface area contributed by atoms with Crippen LogP contribution >= 0.6 is 0 Å². The number of unbranched alkanes of at least 4 members (excludes halogenated alkanes) is 2. The molecule has 0 aliphatic carbocycles. The van der Waals surface area contributed by atoms with Crippen molar-refractivity contribution in [2.45, 2.75) is 85.5 Å². The van der Waals surface area contributed by atoms with E-state index in [1.54, 1.807) is 19.2 Å². The predicted molar refractivity (Wildman–Crippen MR) is 190 cm³/mol. The van der Waals surface area contributed by atoms with Gasteiger partial charge in [0.2, 0.25) is 0 Å². The number of carbonyl (C=O) groups excluding carboxylic acids is 1. The van der Waals surface area contributed by atoms with Gasteiger partial charge in [0.1, 0.15) is 11.5 Å². The summed E-state index contributed by atoms with van der Waals surface area (Å²) in [5.74, 6) is 2.26. The van der Waals surface area contributed by atoms with Gasteiger partial charge in [0.25, 0.3) is 0 Å². The zero-order valence-electron chi connectivity index (χ0n) is 28.5. The number of β-amino-alcohol motifs (C(OH)–C–C–N with tert-alkyl or cyclic N) is 1. The summed E-state index contributed by atoms with van der Waals surface area (Å²) in [6.45, 7) is 15.9. The number of nitrogens with zero attached hydrogens (tertiary/aromatic N) is 1. The van der Waals surface area contributed by atoms with Gasteiger partial charge in [-0.2, -0.15) is 0 Å². The molecule has 0 aromatic heterocycles. The molecule has 2 N–H and O–H groups in total. The minimum absolute atomic E-state index is 0.236. The Morgan fingerprint density at radius 1 is 0.956 bits per heavy atom. The zero-order valence-corrected chi connectivity index (χ0v) is 28.5. The highest BCUT2D eigenvalue weighted by Gasteiger charge is 2.17. The number of aliphatic hydroxyl groups excluding tert-OH is 1. The highest BCUT2D eigenvalue weighted by molar-refractivity contribution is 5.98. The molecular formula is C40H57NO4. The van der Waals surface area contributed by atoms with E-state index in [4.69, 9.17) is 9.84 Å². The Morgan fingerprint density at radius 2 is 1.69 bits per heavy atom. The number of piperidine rings is 1. The topological polar surface area (TPSA) is 70.0 Å². The fourth-order valence-corrected chi connectivity index (χ4v) is 5.58. The molecule has 1 fully saturated rings. The SMILES string of the molecule is C=C(C)c1ccccc1OC.CCC1CCCN(CCO)C1.CCCCC(=O)c1cc(-c2cccc(O)c2)ccc1CCCC. The summed E-state index contributed by atoms with van der Waals surface area (Å²) in [5, 5.41) is 18.4. The summed E-state index contributed by atoms with van der Waals surface area (Å²) >= 11 is 0. The van der Waals surface area contributed by atoms with E-state index >= 15 is 0 Å². The first-order valence-electron chi connectivity index (χ1n) is 16.8. The van der Waals surface area contributed by atoms with Gasteiger partial charge in [0, 0.05) is 30.6 Å². The fraction of sp³-hybridized carbons (Fsp3) is 0.475. The molecular weight excluding hydrogens is 558 g/mol. The lowest BCUT2D eigenvalue weighted by molar-refractivity contribution is 0.0979. The maximum atomic E-state index is 12.6. The average molecular weight is 616 g/mol. The van der Waals surface area contributed by atoms with Gasteiger partial charge >= 0.3 is 0 Å². The molecule has 1 unspecified atom stereocenters. The number of para-hydroxylation sites is 1. The Balaban J connectivity index is 0.000000266. The Hall–Kier alpha value is -3.41. The van der Waals surface area contributed by atoms with Crippen molar-refractivity contribution in [1.82, 2.24) is 4.90 Å². The first kappa shape index (κ1) is 37.8.